The number of terminal acetylenes is 8. The molecule has 0 atom stereocenters. The van der Waals surface area contributed by atoms with E-state index in [2.05, 4.69) is 175 Å². The zero-order valence-electron chi connectivity index (χ0n) is 53.5. The van der Waals surface area contributed by atoms with Crippen molar-refractivity contribution in [2.45, 2.75) is 19.3 Å². The van der Waals surface area contributed by atoms with Crippen molar-refractivity contribution in [1.82, 2.24) is 19.5 Å². The van der Waals surface area contributed by atoms with E-state index >= 15 is 0 Å². The topological polar surface area (TPSA) is 43.6 Å². The van der Waals surface area contributed by atoms with Crippen molar-refractivity contribution in [1.29, 1.82) is 0 Å². The van der Waals surface area contributed by atoms with Crippen molar-refractivity contribution < 1.29 is 0 Å². The molecular weight excluding hydrogens is 1190 g/mol. The molecule has 0 bridgehead atoms. The number of hydrogen-bond donors (Lipinski definition) is 0. The lowest BCUT2D eigenvalue weighted by molar-refractivity contribution is 0.661. The first-order valence-electron chi connectivity index (χ1n) is 31.8. The fourth-order valence-electron chi connectivity index (χ4n) is 14.2. The predicted molar refractivity (Wildman–Crippen MR) is 404 cm³/mol. The Morgan fingerprint density at radius 3 is 1.18 bits per heavy atom. The molecule has 1 aliphatic carbocycles. The highest BCUT2D eigenvalue weighted by Crippen LogP contribution is 2.52. The van der Waals surface area contributed by atoms with Gasteiger partial charge in [0.15, 0.2) is 11.6 Å². The van der Waals surface area contributed by atoms with E-state index in [1.54, 1.807) is 0 Å². The van der Waals surface area contributed by atoms with E-state index in [0.29, 0.717) is 62.1 Å². The molecular formula is C94H54N4. The highest BCUT2D eigenvalue weighted by Gasteiger charge is 2.36. The summed E-state index contributed by atoms with van der Waals surface area (Å²) in [6.07, 6.45) is 50.1. The summed E-state index contributed by atoms with van der Waals surface area (Å²) < 4.78 is 2.20. The van der Waals surface area contributed by atoms with Crippen LogP contribution in [0.3, 0.4) is 0 Å². The zero-order chi connectivity index (χ0) is 67.3. The molecule has 0 unspecified atom stereocenters. The van der Waals surface area contributed by atoms with Crippen molar-refractivity contribution in [2.75, 3.05) is 0 Å². The minimum Gasteiger partial charge on any atom is -0.278 e. The van der Waals surface area contributed by atoms with E-state index in [-0.39, 0.29) is 5.41 Å². The fourth-order valence-corrected chi connectivity index (χ4v) is 14.2. The molecule has 0 saturated carbocycles. The number of fused-ring (bicyclic) bond motifs is 6. The van der Waals surface area contributed by atoms with Crippen LogP contribution in [0.1, 0.15) is 69.5 Å². The third-order valence-corrected chi connectivity index (χ3v) is 18.9. The Hall–Kier alpha value is -14.1. The van der Waals surface area contributed by atoms with Crippen molar-refractivity contribution in [3.05, 3.63) is 298 Å². The second kappa shape index (κ2) is 24.4. The smallest absolute Gasteiger partial charge is 0.238 e. The van der Waals surface area contributed by atoms with Crippen molar-refractivity contribution >= 4 is 21.8 Å². The summed E-state index contributed by atoms with van der Waals surface area (Å²) in [5, 5.41) is 2.02. The van der Waals surface area contributed by atoms with Gasteiger partial charge in [-0.15, -0.1) is 51.4 Å². The molecule has 4 heteroatoms. The van der Waals surface area contributed by atoms with Gasteiger partial charge in [0, 0.05) is 71.8 Å². The maximum atomic E-state index is 6.42. The molecule has 0 N–H and O–H groups in total. The van der Waals surface area contributed by atoms with Crippen LogP contribution in [0.15, 0.2) is 243 Å². The Morgan fingerprint density at radius 2 is 0.673 bits per heavy atom. The molecule has 12 aromatic carbocycles. The van der Waals surface area contributed by atoms with Crippen LogP contribution in [-0.2, 0) is 5.41 Å². The fraction of sp³-hybridized carbons (Fsp3) is 0.0319. The molecule has 14 aromatic rings. The highest BCUT2D eigenvalue weighted by atomic mass is 15.2. The van der Waals surface area contributed by atoms with Gasteiger partial charge in [-0.1, -0.05) is 213 Å². The molecule has 450 valence electrons. The third kappa shape index (κ3) is 10.1. The first-order chi connectivity index (χ1) is 48.0. The standard InChI is InChI=1S/C94H54N4/c1-11-59-35-27-40-77(73(59)15-5)71-52-70(53-72(54-71)78-41-28-36-60(12-2)74(78)16-6)69-50-67(65-45-47-81(79-42-29-37-61(13-3)75(79)17-7)83(55-65)80-43-30-38-62(14-4)76(80)18-8)49-68(51-69)66-46-48-89-85(56-66)86-57-84-82-39-25-26-44-87(82)94(9,10)88(84)58-90(86)98(89)93-96-91(63-31-21-19-22-32-63)95-92(97-93)64-33-23-20-24-34-64/h1-8,19-58H,9-10H3. The molecule has 1 aliphatic rings. The second-order valence-corrected chi connectivity index (χ2v) is 24.6. The predicted octanol–water partition coefficient (Wildman–Crippen LogP) is 20.1. The van der Waals surface area contributed by atoms with Crippen LogP contribution in [0.5, 0.6) is 0 Å². The summed E-state index contributed by atoms with van der Waals surface area (Å²) in [5.41, 5.74) is 24.5. The van der Waals surface area contributed by atoms with Crippen LogP contribution >= 0.6 is 0 Å². The molecule has 0 aliphatic heterocycles. The quantitative estimate of drug-likeness (QED) is 0.128. The number of benzene rings is 12. The Balaban J connectivity index is 1.03. The first kappa shape index (κ1) is 60.2. The first-order valence-corrected chi connectivity index (χ1v) is 31.8. The summed E-state index contributed by atoms with van der Waals surface area (Å²) >= 11 is 0. The lowest BCUT2D eigenvalue weighted by Crippen LogP contribution is -2.15. The van der Waals surface area contributed by atoms with Gasteiger partial charge in [0.2, 0.25) is 5.95 Å². The molecule has 0 saturated heterocycles. The molecule has 0 radical (unpaired) electrons. The summed E-state index contributed by atoms with van der Waals surface area (Å²) in [6, 6.07) is 82.7. The van der Waals surface area contributed by atoms with Crippen LogP contribution in [-0.4, -0.2) is 19.5 Å². The average Bonchev–Trinajstić information content (AvgIpc) is 1.54. The van der Waals surface area contributed by atoms with E-state index < -0.39 is 0 Å². The molecule has 15 rings (SSSR count). The van der Waals surface area contributed by atoms with Crippen LogP contribution in [0.25, 0.3) is 140 Å². The Morgan fingerprint density at radius 1 is 0.265 bits per heavy atom. The van der Waals surface area contributed by atoms with Gasteiger partial charge in [-0.2, -0.15) is 9.97 Å². The van der Waals surface area contributed by atoms with Crippen molar-refractivity contribution in [3.63, 3.8) is 0 Å². The maximum Gasteiger partial charge on any atom is 0.238 e. The van der Waals surface area contributed by atoms with Crippen molar-refractivity contribution in [2.24, 2.45) is 0 Å². The zero-order valence-corrected chi connectivity index (χ0v) is 53.5. The molecule has 2 aromatic heterocycles. The van der Waals surface area contributed by atoms with Gasteiger partial charge in [0.1, 0.15) is 0 Å². The summed E-state index contributed by atoms with van der Waals surface area (Å²) in [6.45, 7) is 4.61. The van der Waals surface area contributed by atoms with E-state index in [9.17, 15) is 0 Å². The SMILES string of the molecule is C#Cc1cccc(-c2cc(-c3cc(-c4ccc(-c5cccc(C#C)c5C#C)c(-c5cccc(C#C)c5C#C)c4)cc(-c4ccc5c(c4)c4cc6c(cc4n5-c4nc(-c5ccccc5)nc(-c5ccccc5)n4)C(C)(C)c4ccccc4-6)c3)cc(-c3cccc(C#C)c3C#C)c2)c1C#C. The minimum atomic E-state index is -0.317. The van der Waals surface area contributed by atoms with Crippen LogP contribution in [0.4, 0.5) is 0 Å². The third-order valence-electron chi connectivity index (χ3n) is 18.9. The Labute approximate surface area is 571 Å². The van der Waals surface area contributed by atoms with Gasteiger partial charge in [0.05, 0.1) is 11.0 Å². The second-order valence-electron chi connectivity index (χ2n) is 24.6. The Kier molecular flexibility index (Phi) is 15.0. The number of aromatic nitrogens is 4. The van der Waals surface area contributed by atoms with E-state index in [4.69, 9.17) is 66.3 Å². The van der Waals surface area contributed by atoms with E-state index in [0.717, 1.165) is 111 Å². The van der Waals surface area contributed by atoms with Gasteiger partial charge < -0.3 is 0 Å². The van der Waals surface area contributed by atoms with E-state index in [1.807, 2.05) is 133 Å². The molecule has 0 fully saturated rings. The molecule has 98 heavy (non-hydrogen) atoms. The van der Waals surface area contributed by atoms with Gasteiger partial charge >= 0.3 is 0 Å². The van der Waals surface area contributed by atoms with Gasteiger partial charge in [-0.25, -0.2) is 4.98 Å². The van der Waals surface area contributed by atoms with Crippen LogP contribution in [0.2, 0.25) is 0 Å². The highest BCUT2D eigenvalue weighted by molar-refractivity contribution is 6.13. The number of nitrogens with zero attached hydrogens (tertiary/aromatic N) is 4. The lowest BCUT2D eigenvalue weighted by Gasteiger charge is -2.21. The molecule has 0 amide bonds. The number of hydrogen-bond acceptors (Lipinski definition) is 3. The van der Waals surface area contributed by atoms with Crippen LogP contribution < -0.4 is 0 Å². The van der Waals surface area contributed by atoms with Crippen molar-refractivity contribution in [3.8, 4) is 216 Å². The van der Waals surface area contributed by atoms with Gasteiger partial charge in [0.25, 0.3) is 0 Å². The largest absolute Gasteiger partial charge is 0.278 e. The number of rotatable bonds is 10. The normalized spacial score (nSPS) is 11.6. The lowest BCUT2D eigenvalue weighted by atomic mass is 9.82. The van der Waals surface area contributed by atoms with E-state index in [1.165, 1.54) is 22.3 Å². The Bertz CT molecular complexity index is 5960. The summed E-state index contributed by atoms with van der Waals surface area (Å²) in [5.74, 6) is 24.6. The van der Waals surface area contributed by atoms with Gasteiger partial charge in [-0.05, 0) is 191 Å². The maximum absolute atomic E-state index is 6.42. The monoisotopic (exact) mass is 1240 g/mol. The van der Waals surface area contributed by atoms with Gasteiger partial charge in [-0.3, -0.25) is 4.57 Å². The molecule has 2 heterocycles. The summed E-state index contributed by atoms with van der Waals surface area (Å²) in [4.78, 5) is 15.9. The summed E-state index contributed by atoms with van der Waals surface area (Å²) in [7, 11) is 0. The average molecular weight is 1240 g/mol. The molecule has 4 nitrogen and oxygen atoms in total. The van der Waals surface area contributed by atoms with Crippen LogP contribution in [0, 0.1) is 98.8 Å². The minimum absolute atomic E-state index is 0.317. The molecule has 0 spiro atoms.